The Labute approximate surface area is 96.9 Å². The van der Waals surface area contributed by atoms with Crippen LogP contribution in [0.2, 0.25) is 0 Å². The minimum absolute atomic E-state index is 0.496. The average Bonchev–Trinajstić information content (AvgIpc) is 2.29. The summed E-state index contributed by atoms with van der Waals surface area (Å²) >= 11 is 0. The summed E-state index contributed by atoms with van der Waals surface area (Å²) < 4.78 is 11.5. The summed E-state index contributed by atoms with van der Waals surface area (Å²) in [5, 5.41) is 11.9. The largest absolute Gasteiger partial charge is 0.380 e. The van der Waals surface area contributed by atoms with Crippen molar-refractivity contribution >= 4 is 7.52 Å². The van der Waals surface area contributed by atoms with E-state index in [1.807, 2.05) is 0 Å². The quantitative estimate of drug-likeness (QED) is 0.546. The second-order valence-electron chi connectivity index (χ2n) is 4.66. The fraction of sp³-hybridized carbons (Fsp3) is 1.00. The second-order valence-corrected chi connectivity index (χ2v) is 6.89. The Kier molecular flexibility index (Phi) is 5.41. The third kappa shape index (κ3) is 3.82. The minimum Gasteiger partial charge on any atom is -0.380 e. The van der Waals surface area contributed by atoms with E-state index in [9.17, 15) is 14.6 Å². The van der Waals surface area contributed by atoms with Crippen LogP contribution in [-0.2, 0) is 4.57 Å². The Morgan fingerprint density at radius 2 is 2.00 bits per heavy atom. The molecule has 6 heteroatoms. The van der Waals surface area contributed by atoms with Crippen LogP contribution in [0.3, 0.4) is 0 Å². The van der Waals surface area contributed by atoms with Crippen molar-refractivity contribution in [1.82, 2.24) is 5.09 Å². The van der Waals surface area contributed by atoms with E-state index in [1.165, 1.54) is 26.3 Å². The fourth-order valence-corrected chi connectivity index (χ4v) is 3.23. The van der Waals surface area contributed by atoms with Crippen LogP contribution in [0.4, 0.5) is 0 Å². The Morgan fingerprint density at radius 1 is 1.44 bits per heavy atom. The molecule has 0 amide bonds. The number of nitrogens with two attached hydrogens (primary N) is 1. The van der Waals surface area contributed by atoms with Gasteiger partial charge < -0.3 is 15.7 Å². The zero-order valence-corrected chi connectivity index (χ0v) is 10.7. The molecule has 0 saturated heterocycles. The maximum Gasteiger partial charge on any atom is 0.296 e. The normalized spacial score (nSPS) is 26.0. The van der Waals surface area contributed by atoms with Crippen molar-refractivity contribution in [2.45, 2.75) is 50.4 Å². The maximum absolute atomic E-state index is 11.5. The summed E-state index contributed by atoms with van der Waals surface area (Å²) in [5.74, 6) is -0.866. The van der Waals surface area contributed by atoms with Crippen LogP contribution in [0.1, 0.15) is 38.5 Å². The van der Waals surface area contributed by atoms with Crippen LogP contribution in [0, 0.1) is 5.92 Å². The zero-order chi connectivity index (χ0) is 12.2. The molecule has 1 aliphatic rings. The Balaban J connectivity index is 2.44. The summed E-state index contributed by atoms with van der Waals surface area (Å²) in [4.78, 5) is 9.41. The van der Waals surface area contributed by atoms with E-state index >= 15 is 0 Å². The highest BCUT2D eigenvalue weighted by Crippen LogP contribution is 2.42. The van der Waals surface area contributed by atoms with Gasteiger partial charge in [0.25, 0.3) is 7.52 Å². The molecule has 0 spiro atoms. The van der Waals surface area contributed by atoms with Crippen molar-refractivity contribution in [3.63, 3.8) is 0 Å². The fourth-order valence-electron chi connectivity index (χ4n) is 2.32. The van der Waals surface area contributed by atoms with E-state index in [4.69, 9.17) is 5.73 Å². The van der Waals surface area contributed by atoms with Crippen molar-refractivity contribution in [2.24, 2.45) is 11.7 Å². The number of rotatable bonds is 5. The Morgan fingerprint density at radius 3 is 2.50 bits per heavy atom. The van der Waals surface area contributed by atoms with Gasteiger partial charge in [0.15, 0.2) is 5.85 Å². The van der Waals surface area contributed by atoms with E-state index in [-0.39, 0.29) is 0 Å². The first-order valence-electron chi connectivity index (χ1n) is 5.92. The molecule has 3 unspecified atom stereocenters. The van der Waals surface area contributed by atoms with Gasteiger partial charge in [0, 0.05) is 6.04 Å². The lowest BCUT2D eigenvalue weighted by Crippen LogP contribution is -2.38. The standard InChI is InChI=1S/C10H23N2O3P/c1-12-16(14,15)10(13)9(11)7-8-5-3-2-4-6-8/h8-10,13H,2-7,11H2,1H3,(H2,12,14,15). The van der Waals surface area contributed by atoms with E-state index in [0.717, 1.165) is 12.8 Å². The molecule has 1 saturated carbocycles. The van der Waals surface area contributed by atoms with Crippen LogP contribution in [-0.4, -0.2) is 28.9 Å². The average molecular weight is 250 g/mol. The zero-order valence-electron chi connectivity index (χ0n) is 9.80. The van der Waals surface area contributed by atoms with Gasteiger partial charge >= 0.3 is 0 Å². The lowest BCUT2D eigenvalue weighted by Gasteiger charge is -2.28. The van der Waals surface area contributed by atoms with Crippen molar-refractivity contribution in [1.29, 1.82) is 0 Å². The number of aliphatic hydroxyl groups excluding tert-OH is 1. The van der Waals surface area contributed by atoms with Crippen molar-refractivity contribution in [3.05, 3.63) is 0 Å². The lowest BCUT2D eigenvalue weighted by molar-refractivity contribution is 0.175. The number of nitrogens with one attached hydrogen (secondary N) is 1. The smallest absolute Gasteiger partial charge is 0.296 e. The Bertz CT molecular complexity index is 256. The summed E-state index contributed by atoms with van der Waals surface area (Å²) in [7, 11) is -2.35. The highest BCUT2D eigenvalue weighted by Gasteiger charge is 2.34. The number of hydrogen-bond donors (Lipinski definition) is 4. The third-order valence-corrected chi connectivity index (χ3v) is 5.13. The molecule has 1 aliphatic carbocycles. The highest BCUT2D eigenvalue weighted by molar-refractivity contribution is 7.56. The minimum atomic E-state index is -3.71. The number of aliphatic hydroxyl groups is 1. The van der Waals surface area contributed by atoms with E-state index < -0.39 is 19.4 Å². The van der Waals surface area contributed by atoms with Crippen molar-refractivity contribution < 1.29 is 14.6 Å². The summed E-state index contributed by atoms with van der Waals surface area (Å²) in [5.41, 5.74) is 5.79. The van der Waals surface area contributed by atoms with E-state index in [0.29, 0.717) is 12.3 Å². The van der Waals surface area contributed by atoms with Crippen LogP contribution in [0.5, 0.6) is 0 Å². The molecule has 1 rings (SSSR count). The molecule has 0 aromatic rings. The predicted molar refractivity (Wildman–Crippen MR) is 64.1 cm³/mol. The first-order chi connectivity index (χ1) is 7.47. The Hall–Kier alpha value is 0.0700. The topological polar surface area (TPSA) is 95.6 Å². The molecule has 0 bridgehead atoms. The van der Waals surface area contributed by atoms with Gasteiger partial charge in [-0.1, -0.05) is 32.1 Å². The molecule has 0 aromatic heterocycles. The molecule has 0 radical (unpaired) electrons. The molecule has 0 aliphatic heterocycles. The predicted octanol–water partition coefficient (Wildman–Crippen LogP) is 1.01. The van der Waals surface area contributed by atoms with Gasteiger partial charge in [-0.2, -0.15) is 0 Å². The molecule has 3 atom stereocenters. The van der Waals surface area contributed by atoms with Gasteiger partial charge in [-0.25, -0.2) is 5.09 Å². The monoisotopic (exact) mass is 250 g/mol. The van der Waals surface area contributed by atoms with Crippen LogP contribution >= 0.6 is 7.52 Å². The summed E-state index contributed by atoms with van der Waals surface area (Å²) in [6.07, 6.45) is 6.55. The summed E-state index contributed by atoms with van der Waals surface area (Å²) in [6, 6.07) is -0.619. The lowest BCUT2D eigenvalue weighted by atomic mass is 9.85. The highest BCUT2D eigenvalue weighted by atomic mass is 31.2. The van der Waals surface area contributed by atoms with Gasteiger partial charge in [-0.05, 0) is 19.4 Å². The molecule has 5 nitrogen and oxygen atoms in total. The molecule has 0 heterocycles. The second kappa shape index (κ2) is 6.12. The molecular weight excluding hydrogens is 227 g/mol. The SMILES string of the molecule is CNP(=O)(O)C(O)C(N)CC1CCCCC1. The van der Waals surface area contributed by atoms with E-state index in [1.54, 1.807) is 0 Å². The van der Waals surface area contributed by atoms with Crippen LogP contribution in [0.25, 0.3) is 0 Å². The van der Waals surface area contributed by atoms with Crippen molar-refractivity contribution in [3.8, 4) is 0 Å². The van der Waals surface area contributed by atoms with Gasteiger partial charge in [0.1, 0.15) is 0 Å². The first-order valence-corrected chi connectivity index (χ1v) is 7.65. The summed E-state index contributed by atoms with van der Waals surface area (Å²) in [6.45, 7) is 0. The molecule has 16 heavy (non-hydrogen) atoms. The van der Waals surface area contributed by atoms with Crippen molar-refractivity contribution in [2.75, 3.05) is 7.05 Å². The van der Waals surface area contributed by atoms with Crippen LogP contribution < -0.4 is 10.8 Å². The van der Waals surface area contributed by atoms with Gasteiger partial charge in [-0.3, -0.25) is 4.57 Å². The number of hydrogen-bond acceptors (Lipinski definition) is 3. The van der Waals surface area contributed by atoms with Gasteiger partial charge in [0.05, 0.1) is 0 Å². The third-order valence-electron chi connectivity index (χ3n) is 3.39. The van der Waals surface area contributed by atoms with E-state index in [2.05, 4.69) is 5.09 Å². The first kappa shape index (κ1) is 14.1. The molecule has 5 N–H and O–H groups in total. The van der Waals surface area contributed by atoms with Gasteiger partial charge in [-0.15, -0.1) is 0 Å². The van der Waals surface area contributed by atoms with Crippen LogP contribution in [0.15, 0.2) is 0 Å². The molecular formula is C10H23N2O3P. The molecule has 1 fully saturated rings. The van der Waals surface area contributed by atoms with Gasteiger partial charge in [0.2, 0.25) is 0 Å². The molecule has 0 aromatic carbocycles. The molecule has 96 valence electrons. The maximum atomic E-state index is 11.5.